The van der Waals surface area contributed by atoms with Crippen molar-refractivity contribution in [1.29, 1.82) is 0 Å². The number of nitrogens with zero attached hydrogens (tertiary/aromatic N) is 3. The van der Waals surface area contributed by atoms with Crippen LogP contribution >= 0.6 is 11.8 Å². The first-order valence-electron chi connectivity index (χ1n) is 5.55. The summed E-state index contributed by atoms with van der Waals surface area (Å²) in [5, 5.41) is 19.9. The van der Waals surface area contributed by atoms with E-state index in [1.807, 2.05) is 11.5 Å². The zero-order valence-electron chi connectivity index (χ0n) is 10.3. The van der Waals surface area contributed by atoms with Crippen LogP contribution in [0.4, 0.5) is 0 Å². The number of nitrogens with one attached hydrogen (secondary N) is 1. The Kier molecular flexibility index (Phi) is 5.63. The van der Waals surface area contributed by atoms with Crippen molar-refractivity contribution in [2.75, 3.05) is 12.3 Å². The zero-order valence-corrected chi connectivity index (χ0v) is 11.2. The highest BCUT2D eigenvalue weighted by Crippen LogP contribution is 2.16. The van der Waals surface area contributed by atoms with E-state index in [-0.39, 0.29) is 11.7 Å². The van der Waals surface area contributed by atoms with E-state index in [0.717, 1.165) is 17.6 Å². The lowest BCUT2D eigenvalue weighted by Gasteiger charge is -2.08. The van der Waals surface area contributed by atoms with Crippen LogP contribution in [0.2, 0.25) is 0 Å². The van der Waals surface area contributed by atoms with Gasteiger partial charge in [0.25, 0.3) is 0 Å². The van der Waals surface area contributed by atoms with Crippen LogP contribution < -0.4 is 5.32 Å². The topological polar surface area (TPSA) is 97.1 Å². The zero-order chi connectivity index (χ0) is 13.5. The predicted octanol–water partition coefficient (Wildman–Crippen LogP) is 0.153. The number of aliphatic carboxylic acids is 1. The summed E-state index contributed by atoms with van der Waals surface area (Å²) in [6.45, 7) is 4.41. The van der Waals surface area contributed by atoms with E-state index in [1.165, 1.54) is 6.92 Å². The van der Waals surface area contributed by atoms with E-state index in [4.69, 9.17) is 5.11 Å². The average molecular weight is 272 g/mol. The molecule has 8 heteroatoms. The Hall–Kier alpha value is -1.57. The fraction of sp³-hybridized carbons (Fsp3) is 0.600. The molecule has 0 radical (unpaired) electrons. The molecule has 0 bridgehead atoms. The summed E-state index contributed by atoms with van der Waals surface area (Å²) >= 11 is 1.13. The van der Waals surface area contributed by atoms with E-state index >= 15 is 0 Å². The minimum Gasteiger partial charge on any atom is -0.481 e. The molecule has 0 saturated heterocycles. The van der Waals surface area contributed by atoms with Crippen LogP contribution in [0.25, 0.3) is 0 Å². The molecule has 0 atom stereocenters. The Bertz CT molecular complexity index is 433. The molecular weight excluding hydrogens is 256 g/mol. The molecule has 2 N–H and O–H groups in total. The third-order valence-corrected chi connectivity index (χ3v) is 3.10. The van der Waals surface area contributed by atoms with Gasteiger partial charge in [0, 0.05) is 26.4 Å². The molecule has 1 amide bonds. The highest BCUT2D eigenvalue weighted by atomic mass is 32.2. The number of carboxylic acids is 1. The maximum absolute atomic E-state index is 10.8. The Morgan fingerprint density at radius 2 is 2.17 bits per heavy atom. The predicted molar refractivity (Wildman–Crippen MR) is 66.4 cm³/mol. The number of hydrogen-bond acceptors (Lipinski definition) is 5. The van der Waals surface area contributed by atoms with Gasteiger partial charge < -0.3 is 15.0 Å². The van der Waals surface area contributed by atoms with E-state index in [1.54, 1.807) is 0 Å². The van der Waals surface area contributed by atoms with Crippen LogP contribution in [-0.4, -0.2) is 44.0 Å². The number of amides is 1. The molecule has 1 heterocycles. The molecule has 0 aliphatic rings. The number of aryl methyl sites for hydroxylation is 1. The van der Waals surface area contributed by atoms with Gasteiger partial charge in [-0.3, -0.25) is 9.59 Å². The molecule has 0 spiro atoms. The third-order valence-electron chi connectivity index (χ3n) is 2.14. The Morgan fingerprint density at radius 1 is 1.44 bits per heavy atom. The molecule has 0 aliphatic heterocycles. The van der Waals surface area contributed by atoms with Crippen molar-refractivity contribution in [2.45, 2.75) is 32.0 Å². The molecule has 0 fully saturated rings. The van der Waals surface area contributed by atoms with Crippen LogP contribution in [0.5, 0.6) is 0 Å². The van der Waals surface area contributed by atoms with Gasteiger partial charge >= 0.3 is 5.97 Å². The van der Waals surface area contributed by atoms with E-state index in [2.05, 4.69) is 15.5 Å². The summed E-state index contributed by atoms with van der Waals surface area (Å²) in [7, 11) is 0. The lowest BCUT2D eigenvalue weighted by Crippen LogP contribution is -2.25. The van der Waals surface area contributed by atoms with Crippen molar-refractivity contribution >= 4 is 23.6 Å². The van der Waals surface area contributed by atoms with Crippen molar-refractivity contribution in [2.24, 2.45) is 0 Å². The first-order valence-corrected chi connectivity index (χ1v) is 6.54. The quantitative estimate of drug-likeness (QED) is 0.686. The van der Waals surface area contributed by atoms with Gasteiger partial charge in [0.05, 0.1) is 5.75 Å². The van der Waals surface area contributed by atoms with Crippen molar-refractivity contribution in [1.82, 2.24) is 20.1 Å². The number of carboxylic acid groups (broad SMARTS) is 1. The summed E-state index contributed by atoms with van der Waals surface area (Å²) in [6.07, 6.45) is 0.709. The van der Waals surface area contributed by atoms with Gasteiger partial charge in [-0.15, -0.1) is 10.2 Å². The number of aromatic nitrogens is 3. The third kappa shape index (κ3) is 4.36. The van der Waals surface area contributed by atoms with E-state index < -0.39 is 5.97 Å². The largest absolute Gasteiger partial charge is 0.481 e. The summed E-state index contributed by atoms with van der Waals surface area (Å²) in [4.78, 5) is 21.3. The smallest absolute Gasteiger partial charge is 0.313 e. The van der Waals surface area contributed by atoms with Gasteiger partial charge in [0.1, 0.15) is 5.82 Å². The maximum atomic E-state index is 10.8. The van der Waals surface area contributed by atoms with Crippen molar-refractivity contribution < 1.29 is 14.7 Å². The van der Waals surface area contributed by atoms with Crippen LogP contribution in [0.1, 0.15) is 19.7 Å². The number of thioether (sulfide) groups is 1. The number of carbonyl (C=O) groups excluding carboxylic acids is 1. The first kappa shape index (κ1) is 14.5. The monoisotopic (exact) mass is 272 g/mol. The summed E-state index contributed by atoms with van der Waals surface area (Å²) < 4.78 is 1.84. The molecule has 0 aliphatic carbocycles. The molecule has 0 unspecified atom stereocenters. The van der Waals surface area contributed by atoms with E-state index in [9.17, 15) is 9.59 Å². The minimum absolute atomic E-state index is 0.0536. The highest BCUT2D eigenvalue weighted by Gasteiger charge is 2.12. The molecule has 1 aromatic heterocycles. The number of carbonyl (C=O) groups is 2. The second-order valence-electron chi connectivity index (χ2n) is 3.57. The molecule has 7 nitrogen and oxygen atoms in total. The number of hydrogen-bond donors (Lipinski definition) is 2. The fourth-order valence-electron chi connectivity index (χ4n) is 1.38. The van der Waals surface area contributed by atoms with Crippen molar-refractivity contribution in [3.63, 3.8) is 0 Å². The number of rotatable bonds is 7. The SMILES string of the molecule is CCc1nnc(SCC(=O)O)n1CCNC(C)=O. The van der Waals surface area contributed by atoms with E-state index in [0.29, 0.717) is 24.7 Å². The summed E-state index contributed by atoms with van der Waals surface area (Å²) in [6, 6.07) is 0. The minimum atomic E-state index is -0.894. The van der Waals surface area contributed by atoms with Gasteiger partial charge in [-0.25, -0.2) is 0 Å². The summed E-state index contributed by atoms with van der Waals surface area (Å²) in [5.41, 5.74) is 0. The van der Waals surface area contributed by atoms with Gasteiger partial charge in [-0.1, -0.05) is 18.7 Å². The van der Waals surface area contributed by atoms with Crippen molar-refractivity contribution in [3.8, 4) is 0 Å². The average Bonchev–Trinajstić information content (AvgIpc) is 2.68. The molecule has 1 aromatic rings. The molecule has 18 heavy (non-hydrogen) atoms. The van der Waals surface area contributed by atoms with Crippen LogP contribution in [0, 0.1) is 0 Å². The molecule has 0 saturated carbocycles. The molecule has 0 aromatic carbocycles. The normalized spacial score (nSPS) is 10.3. The molecule has 1 rings (SSSR count). The Morgan fingerprint density at radius 3 is 2.72 bits per heavy atom. The second-order valence-corrected chi connectivity index (χ2v) is 4.51. The lowest BCUT2D eigenvalue weighted by atomic mass is 10.4. The van der Waals surface area contributed by atoms with Crippen LogP contribution in [0.3, 0.4) is 0 Å². The van der Waals surface area contributed by atoms with Gasteiger partial charge in [-0.2, -0.15) is 0 Å². The standard InChI is InChI=1S/C10H16N4O3S/c1-3-8-12-13-10(18-6-9(16)17)14(8)5-4-11-7(2)15/h3-6H2,1-2H3,(H,11,15)(H,16,17). The van der Waals surface area contributed by atoms with Crippen LogP contribution in [-0.2, 0) is 22.6 Å². The lowest BCUT2D eigenvalue weighted by molar-refractivity contribution is -0.133. The summed E-state index contributed by atoms with van der Waals surface area (Å²) in [5.74, 6) is -0.259. The molecular formula is C10H16N4O3S. The van der Waals surface area contributed by atoms with Gasteiger partial charge in [-0.05, 0) is 0 Å². The molecule has 100 valence electrons. The Labute approximate surface area is 109 Å². The van der Waals surface area contributed by atoms with Gasteiger partial charge in [0.2, 0.25) is 5.91 Å². The second kappa shape index (κ2) is 7.00. The maximum Gasteiger partial charge on any atom is 0.313 e. The van der Waals surface area contributed by atoms with Crippen LogP contribution in [0.15, 0.2) is 5.16 Å². The highest BCUT2D eigenvalue weighted by molar-refractivity contribution is 7.99. The Balaban J connectivity index is 2.68. The van der Waals surface area contributed by atoms with Gasteiger partial charge in [0.15, 0.2) is 5.16 Å². The fourth-order valence-corrected chi connectivity index (χ4v) is 2.09. The first-order chi connectivity index (χ1) is 8.54. The van der Waals surface area contributed by atoms with Crippen molar-refractivity contribution in [3.05, 3.63) is 5.82 Å².